The van der Waals surface area contributed by atoms with Crippen LogP contribution in [-0.2, 0) is 11.3 Å². The summed E-state index contributed by atoms with van der Waals surface area (Å²) in [5.41, 5.74) is 0.784. The molecule has 1 saturated heterocycles. The van der Waals surface area contributed by atoms with Gasteiger partial charge >= 0.3 is 0 Å². The van der Waals surface area contributed by atoms with Gasteiger partial charge < -0.3 is 10.2 Å². The normalized spacial score (nSPS) is 20.7. The Kier molecular flexibility index (Phi) is 8.09. The minimum absolute atomic E-state index is 0. The minimum Gasteiger partial charge on any atom is -0.340 e. The third-order valence-electron chi connectivity index (χ3n) is 3.77. The van der Waals surface area contributed by atoms with Crippen molar-refractivity contribution in [3.8, 4) is 0 Å². The molecule has 1 aliphatic rings. The Balaban J connectivity index is 0.00000180. The Morgan fingerprint density at radius 1 is 1.40 bits per heavy atom. The van der Waals surface area contributed by atoms with E-state index >= 15 is 0 Å². The number of rotatable bonds is 4. The molecule has 20 heavy (non-hydrogen) atoms. The maximum Gasteiger partial charge on any atom is 0.242 e. The lowest BCUT2D eigenvalue weighted by Crippen LogP contribution is -2.53. The molecule has 1 fully saturated rings. The molecule has 0 aromatic carbocycles. The van der Waals surface area contributed by atoms with E-state index in [-0.39, 0.29) is 36.3 Å². The molecule has 2 heterocycles. The smallest absolute Gasteiger partial charge is 0.242 e. The first-order valence-corrected chi connectivity index (χ1v) is 6.57. The summed E-state index contributed by atoms with van der Waals surface area (Å²) in [5, 5.41) is 3.38. The molecule has 0 bridgehead atoms. The second-order valence-electron chi connectivity index (χ2n) is 4.98. The van der Waals surface area contributed by atoms with Crippen LogP contribution in [0, 0.1) is 0 Å². The number of nitrogens with zero attached hydrogens (tertiary/aromatic N) is 2. The average molecular weight is 320 g/mol. The van der Waals surface area contributed by atoms with Gasteiger partial charge in [-0.1, -0.05) is 6.92 Å². The van der Waals surface area contributed by atoms with Crippen LogP contribution >= 0.6 is 24.8 Å². The SMILES string of the molecule is CCC1(C(=O)N(C)Cc2ccncc2)CCCN1.Cl.Cl. The molecule has 4 nitrogen and oxygen atoms in total. The topological polar surface area (TPSA) is 45.2 Å². The summed E-state index contributed by atoms with van der Waals surface area (Å²) in [6.07, 6.45) is 6.41. The first kappa shape index (κ1) is 19.2. The van der Waals surface area contributed by atoms with E-state index in [2.05, 4.69) is 17.2 Å². The van der Waals surface area contributed by atoms with Crippen LogP contribution in [0.3, 0.4) is 0 Å². The van der Waals surface area contributed by atoms with Crippen LogP contribution in [0.2, 0.25) is 0 Å². The van der Waals surface area contributed by atoms with E-state index < -0.39 is 0 Å². The van der Waals surface area contributed by atoms with Gasteiger partial charge in [-0.2, -0.15) is 0 Å². The fraction of sp³-hybridized carbons (Fsp3) is 0.571. The zero-order chi connectivity index (χ0) is 13.0. The van der Waals surface area contributed by atoms with E-state index in [1.807, 2.05) is 24.1 Å². The summed E-state index contributed by atoms with van der Waals surface area (Å²) in [4.78, 5) is 18.4. The average Bonchev–Trinajstić information content (AvgIpc) is 2.89. The van der Waals surface area contributed by atoms with Crippen LogP contribution in [0.5, 0.6) is 0 Å². The van der Waals surface area contributed by atoms with Gasteiger partial charge in [-0.05, 0) is 43.5 Å². The highest BCUT2D eigenvalue weighted by Gasteiger charge is 2.40. The van der Waals surface area contributed by atoms with E-state index in [0.29, 0.717) is 6.54 Å². The van der Waals surface area contributed by atoms with Crippen molar-refractivity contribution < 1.29 is 4.79 Å². The molecule has 1 amide bonds. The van der Waals surface area contributed by atoms with Gasteiger partial charge in [-0.15, -0.1) is 24.8 Å². The van der Waals surface area contributed by atoms with E-state index in [4.69, 9.17) is 0 Å². The molecule has 6 heteroatoms. The number of pyridine rings is 1. The zero-order valence-corrected chi connectivity index (χ0v) is 13.6. The second kappa shape index (κ2) is 8.45. The van der Waals surface area contributed by atoms with Crippen molar-refractivity contribution in [3.63, 3.8) is 0 Å². The maximum atomic E-state index is 12.6. The number of carbonyl (C=O) groups is 1. The summed E-state index contributed by atoms with van der Waals surface area (Å²) in [6.45, 7) is 3.67. The fourth-order valence-corrected chi connectivity index (χ4v) is 2.64. The lowest BCUT2D eigenvalue weighted by atomic mass is 9.92. The van der Waals surface area contributed by atoms with Crippen LogP contribution in [0.1, 0.15) is 31.7 Å². The number of hydrogen-bond donors (Lipinski definition) is 1. The van der Waals surface area contributed by atoms with Crippen molar-refractivity contribution >= 4 is 30.7 Å². The van der Waals surface area contributed by atoms with Gasteiger partial charge in [0.1, 0.15) is 0 Å². The van der Waals surface area contributed by atoms with Gasteiger partial charge in [-0.3, -0.25) is 9.78 Å². The van der Waals surface area contributed by atoms with Gasteiger partial charge in [0.15, 0.2) is 0 Å². The first-order valence-electron chi connectivity index (χ1n) is 6.57. The molecular formula is C14H23Cl2N3O. The number of nitrogens with one attached hydrogen (secondary N) is 1. The van der Waals surface area contributed by atoms with Crippen LogP contribution in [0.15, 0.2) is 24.5 Å². The molecule has 1 aliphatic heterocycles. The number of carbonyl (C=O) groups excluding carboxylic acids is 1. The molecule has 0 saturated carbocycles. The van der Waals surface area contributed by atoms with Gasteiger partial charge in [0.2, 0.25) is 5.91 Å². The molecule has 1 N–H and O–H groups in total. The summed E-state index contributed by atoms with van der Waals surface area (Å²) in [5.74, 6) is 0.208. The highest BCUT2D eigenvalue weighted by Crippen LogP contribution is 2.25. The van der Waals surface area contributed by atoms with Crippen molar-refractivity contribution in [2.24, 2.45) is 0 Å². The maximum absolute atomic E-state index is 12.6. The highest BCUT2D eigenvalue weighted by molar-refractivity contribution is 5.86. The Labute approximate surface area is 133 Å². The Hall–Kier alpha value is -0.840. The molecule has 2 rings (SSSR count). The quantitative estimate of drug-likeness (QED) is 0.927. The standard InChI is InChI=1S/C14H21N3O.2ClH/c1-3-14(7-4-8-16-14)13(18)17(2)11-12-5-9-15-10-6-12;;/h5-6,9-10,16H,3-4,7-8,11H2,1-2H3;2*1H. The second-order valence-corrected chi connectivity index (χ2v) is 4.98. The van der Waals surface area contributed by atoms with Gasteiger partial charge in [0.05, 0.1) is 5.54 Å². The summed E-state index contributed by atoms with van der Waals surface area (Å²) in [7, 11) is 1.88. The molecule has 114 valence electrons. The summed E-state index contributed by atoms with van der Waals surface area (Å²) >= 11 is 0. The molecular weight excluding hydrogens is 297 g/mol. The molecule has 1 atom stereocenters. The van der Waals surface area contributed by atoms with Gasteiger partial charge in [0.25, 0.3) is 0 Å². The van der Waals surface area contributed by atoms with E-state index in [1.54, 1.807) is 12.4 Å². The van der Waals surface area contributed by atoms with Gasteiger partial charge in [0, 0.05) is 26.0 Å². The summed E-state index contributed by atoms with van der Waals surface area (Å²) < 4.78 is 0. The highest BCUT2D eigenvalue weighted by atomic mass is 35.5. The molecule has 0 spiro atoms. The molecule has 0 aliphatic carbocycles. The number of halogens is 2. The number of aromatic nitrogens is 1. The predicted octanol–water partition coefficient (Wildman–Crippen LogP) is 2.42. The third-order valence-corrected chi connectivity index (χ3v) is 3.77. The van der Waals surface area contributed by atoms with E-state index in [9.17, 15) is 4.79 Å². The lowest BCUT2D eigenvalue weighted by molar-refractivity contribution is -0.137. The van der Waals surface area contributed by atoms with Crippen LogP contribution < -0.4 is 5.32 Å². The van der Waals surface area contributed by atoms with Gasteiger partial charge in [-0.25, -0.2) is 0 Å². The molecule has 1 aromatic rings. The fourth-order valence-electron chi connectivity index (χ4n) is 2.64. The number of hydrogen-bond acceptors (Lipinski definition) is 3. The monoisotopic (exact) mass is 319 g/mol. The van der Waals surface area contributed by atoms with Crippen LogP contribution in [0.25, 0.3) is 0 Å². The van der Waals surface area contributed by atoms with Crippen molar-refractivity contribution in [2.45, 2.75) is 38.3 Å². The van der Waals surface area contributed by atoms with Crippen molar-refractivity contribution in [3.05, 3.63) is 30.1 Å². The van der Waals surface area contributed by atoms with Crippen molar-refractivity contribution in [1.29, 1.82) is 0 Å². The molecule has 1 aromatic heterocycles. The number of likely N-dealkylation sites (N-methyl/N-ethyl adjacent to an activating group) is 1. The zero-order valence-electron chi connectivity index (χ0n) is 12.0. The number of amides is 1. The van der Waals surface area contributed by atoms with E-state index in [0.717, 1.165) is 31.4 Å². The van der Waals surface area contributed by atoms with Crippen LogP contribution in [0.4, 0.5) is 0 Å². The third kappa shape index (κ3) is 4.08. The van der Waals surface area contributed by atoms with Crippen molar-refractivity contribution in [2.75, 3.05) is 13.6 Å². The molecule has 0 radical (unpaired) electrons. The Morgan fingerprint density at radius 3 is 2.55 bits per heavy atom. The predicted molar refractivity (Wildman–Crippen MR) is 85.5 cm³/mol. The minimum atomic E-state index is -0.332. The molecule has 1 unspecified atom stereocenters. The first-order chi connectivity index (χ1) is 8.68. The Bertz CT molecular complexity index is 408. The Morgan fingerprint density at radius 2 is 2.05 bits per heavy atom. The van der Waals surface area contributed by atoms with E-state index in [1.165, 1.54) is 0 Å². The van der Waals surface area contributed by atoms with Crippen molar-refractivity contribution in [1.82, 2.24) is 15.2 Å². The van der Waals surface area contributed by atoms with Crippen LogP contribution in [-0.4, -0.2) is 34.9 Å². The largest absolute Gasteiger partial charge is 0.340 e. The summed E-state index contributed by atoms with van der Waals surface area (Å²) in [6, 6.07) is 3.90. The lowest BCUT2D eigenvalue weighted by Gasteiger charge is -2.31.